The lowest BCUT2D eigenvalue weighted by Crippen LogP contribution is -2.60. The lowest BCUT2D eigenvalue weighted by Gasteiger charge is -2.44. The zero-order valence-corrected chi connectivity index (χ0v) is 20.7. The number of carbonyl (C=O) groups excluding carboxylic acids is 1. The van der Waals surface area contributed by atoms with E-state index < -0.39 is 17.6 Å². The summed E-state index contributed by atoms with van der Waals surface area (Å²) in [4.78, 5) is 16.3. The summed E-state index contributed by atoms with van der Waals surface area (Å²) in [6, 6.07) is 8.87. The largest absolute Gasteiger partial charge is 0.507 e. The van der Waals surface area contributed by atoms with Crippen LogP contribution in [0.1, 0.15) is 30.5 Å². The van der Waals surface area contributed by atoms with Crippen molar-refractivity contribution in [2.24, 2.45) is 5.10 Å². The molecule has 1 saturated heterocycles. The fourth-order valence-electron chi connectivity index (χ4n) is 4.78. The minimum atomic E-state index is -0.713. The Labute approximate surface area is 219 Å². The molecule has 0 aromatic heterocycles. The van der Waals surface area contributed by atoms with Crippen LogP contribution in [-0.2, 0) is 6.54 Å². The van der Waals surface area contributed by atoms with Crippen molar-refractivity contribution in [3.63, 3.8) is 0 Å². The molecule has 0 saturated carbocycles. The molecule has 4 rings (SSSR count). The van der Waals surface area contributed by atoms with Crippen molar-refractivity contribution >= 4 is 18.0 Å². The van der Waals surface area contributed by atoms with Gasteiger partial charge in [-0.1, -0.05) is 12.0 Å². The van der Waals surface area contributed by atoms with Gasteiger partial charge in [-0.3, -0.25) is 10.3 Å². The molecule has 0 radical (unpaired) electrons. The van der Waals surface area contributed by atoms with Gasteiger partial charge in [0.05, 0.1) is 23.9 Å². The number of hydrogen-bond acceptors (Lipinski definition) is 8. The van der Waals surface area contributed by atoms with Crippen LogP contribution < -0.4 is 10.2 Å². The predicted molar refractivity (Wildman–Crippen MR) is 137 cm³/mol. The molecule has 1 fully saturated rings. The highest BCUT2D eigenvalue weighted by molar-refractivity contribution is 6.36. The quantitative estimate of drug-likeness (QED) is 0.326. The number of nitrogens with zero attached hydrogens (tertiary/aromatic N) is 5. The summed E-state index contributed by atoms with van der Waals surface area (Å²) in [6.45, 7) is 4.65. The Kier molecular flexibility index (Phi) is 7.57. The molecule has 11 heteroatoms. The summed E-state index contributed by atoms with van der Waals surface area (Å²) in [6.07, 6.45) is 0.947. The van der Waals surface area contributed by atoms with E-state index in [-0.39, 0.29) is 53.4 Å². The molecule has 2 atom stereocenters. The molecule has 0 bridgehead atoms. The van der Waals surface area contributed by atoms with Crippen molar-refractivity contribution in [1.82, 2.24) is 15.2 Å². The van der Waals surface area contributed by atoms with Crippen molar-refractivity contribution in [2.75, 3.05) is 19.7 Å². The number of phenolic OH excluding ortho intramolecular Hbond substituents is 1. The number of amides is 2. The Balaban J connectivity index is 1.67. The van der Waals surface area contributed by atoms with E-state index in [4.69, 9.17) is 15.4 Å². The molecule has 2 aliphatic heterocycles. The average molecular weight is 514 g/mol. The lowest BCUT2D eigenvalue weighted by atomic mass is 9.92. The highest BCUT2D eigenvalue weighted by Gasteiger charge is 2.38. The molecule has 0 aliphatic carbocycles. The summed E-state index contributed by atoms with van der Waals surface area (Å²) in [5.74, 6) is 4.76. The van der Waals surface area contributed by atoms with Crippen LogP contribution in [0.25, 0.3) is 11.1 Å². The van der Waals surface area contributed by atoms with Crippen molar-refractivity contribution in [1.29, 1.82) is 15.9 Å². The molecular formula is C27H24FN7O3. The van der Waals surface area contributed by atoms with E-state index in [2.05, 4.69) is 27.3 Å². The fraction of sp³-hybridized carbons (Fsp3) is 0.296. The number of rotatable bonds is 3. The molecule has 192 valence electrons. The van der Waals surface area contributed by atoms with Gasteiger partial charge in [-0.2, -0.15) is 15.6 Å². The first kappa shape index (κ1) is 26.2. The van der Waals surface area contributed by atoms with Gasteiger partial charge in [-0.05, 0) is 32.0 Å². The van der Waals surface area contributed by atoms with Crippen molar-refractivity contribution < 1.29 is 19.0 Å². The van der Waals surface area contributed by atoms with Gasteiger partial charge >= 0.3 is 6.03 Å². The van der Waals surface area contributed by atoms with E-state index in [9.17, 15) is 15.2 Å². The first-order valence-corrected chi connectivity index (χ1v) is 11.7. The number of fused-ring (bicyclic) bond motifs is 2. The second-order valence-electron chi connectivity index (χ2n) is 8.88. The Bertz CT molecular complexity index is 1480. The minimum absolute atomic E-state index is 0.00229. The predicted octanol–water partition coefficient (Wildman–Crippen LogP) is 2.95. The van der Waals surface area contributed by atoms with Gasteiger partial charge in [0.15, 0.2) is 17.3 Å². The first-order valence-electron chi connectivity index (χ1n) is 11.7. The van der Waals surface area contributed by atoms with E-state index in [1.165, 1.54) is 18.2 Å². The third kappa shape index (κ3) is 4.99. The van der Waals surface area contributed by atoms with Gasteiger partial charge in [0, 0.05) is 47.9 Å². The molecule has 38 heavy (non-hydrogen) atoms. The number of urea groups is 1. The van der Waals surface area contributed by atoms with Crippen molar-refractivity contribution in [2.45, 2.75) is 32.5 Å². The Morgan fingerprint density at radius 1 is 1.32 bits per heavy atom. The number of hydrogen-bond donors (Lipinski definition) is 3. The average Bonchev–Trinajstić information content (AvgIpc) is 3.09. The molecule has 10 nitrogen and oxygen atoms in total. The summed E-state index contributed by atoms with van der Waals surface area (Å²) in [5, 5.41) is 39.7. The molecule has 2 aromatic carbocycles. The summed E-state index contributed by atoms with van der Waals surface area (Å²) < 4.78 is 22.1. The van der Waals surface area contributed by atoms with E-state index in [0.717, 1.165) is 6.21 Å². The Hall–Kier alpha value is -4.92. The Morgan fingerprint density at radius 2 is 2.11 bits per heavy atom. The zero-order chi connectivity index (χ0) is 27.4. The summed E-state index contributed by atoms with van der Waals surface area (Å²) in [7, 11) is 0. The number of aromatic hydroxyl groups is 1. The molecule has 2 aliphatic rings. The highest BCUT2D eigenvalue weighted by atomic mass is 19.1. The van der Waals surface area contributed by atoms with Gasteiger partial charge in [0.25, 0.3) is 0 Å². The number of ether oxygens (including phenoxy) is 1. The second-order valence-corrected chi connectivity index (χ2v) is 8.88. The van der Waals surface area contributed by atoms with Crippen LogP contribution >= 0.6 is 0 Å². The number of nitrogens with one attached hydrogen (secondary N) is 2. The standard InChI is InChI=1S/C27H24FN7O3/c1-3-5-17-8-19-13-35-16(2)12-34(27(37)33-32-11-20(31)10-30)14-21(35)15-38-26(19)25(28)24(17)23-18(9-29)6-4-7-22(23)36/h4,6-8,11,16,21,31,36H,12-15H2,1-2H3,(H,33,37)/b31-20?,32-11-/t16?,21-/m1/s1. The fourth-order valence-corrected chi connectivity index (χ4v) is 4.78. The van der Waals surface area contributed by atoms with Crippen LogP contribution in [0.15, 0.2) is 29.4 Å². The third-order valence-corrected chi connectivity index (χ3v) is 6.46. The van der Waals surface area contributed by atoms with Crippen molar-refractivity contribution in [3.05, 3.63) is 46.8 Å². The molecule has 2 amide bonds. The number of halogens is 1. The number of piperazine rings is 1. The maximum absolute atomic E-state index is 16.2. The molecule has 2 aromatic rings. The van der Waals surface area contributed by atoms with Gasteiger partial charge in [-0.25, -0.2) is 14.6 Å². The van der Waals surface area contributed by atoms with Gasteiger partial charge in [0.1, 0.15) is 18.4 Å². The molecule has 3 N–H and O–H groups in total. The van der Waals surface area contributed by atoms with Crippen LogP contribution in [-0.4, -0.2) is 64.6 Å². The molecule has 1 unspecified atom stereocenters. The number of carbonyl (C=O) groups is 1. The smallest absolute Gasteiger partial charge is 0.337 e. The summed E-state index contributed by atoms with van der Waals surface area (Å²) in [5.41, 5.74) is 3.00. The van der Waals surface area contributed by atoms with Crippen LogP contribution in [0.2, 0.25) is 0 Å². The first-order chi connectivity index (χ1) is 18.3. The maximum Gasteiger partial charge on any atom is 0.337 e. The molecule has 0 spiro atoms. The van der Waals surface area contributed by atoms with Gasteiger partial charge < -0.3 is 14.7 Å². The number of benzene rings is 2. The van der Waals surface area contributed by atoms with E-state index >= 15 is 4.39 Å². The number of phenols is 1. The topological polar surface area (TPSA) is 149 Å². The van der Waals surface area contributed by atoms with Gasteiger partial charge in [-0.15, -0.1) is 5.92 Å². The monoisotopic (exact) mass is 513 g/mol. The summed E-state index contributed by atoms with van der Waals surface area (Å²) >= 11 is 0. The van der Waals surface area contributed by atoms with Crippen LogP contribution in [0.3, 0.4) is 0 Å². The van der Waals surface area contributed by atoms with E-state index in [1.807, 2.05) is 13.0 Å². The SMILES string of the molecule is CC#Cc1cc2c(c(F)c1-c1c(O)cccc1C#N)OC[C@H]1CN(C(=O)N/N=C\C(=N)C#N)CC(C)N1C2. The second kappa shape index (κ2) is 11.0. The maximum atomic E-state index is 16.2. The van der Waals surface area contributed by atoms with Gasteiger partial charge in [0.2, 0.25) is 0 Å². The zero-order valence-electron chi connectivity index (χ0n) is 20.7. The number of hydrazone groups is 1. The molecule has 2 heterocycles. The van der Waals surface area contributed by atoms with E-state index in [0.29, 0.717) is 24.2 Å². The minimum Gasteiger partial charge on any atom is -0.507 e. The third-order valence-electron chi connectivity index (χ3n) is 6.46. The van der Waals surface area contributed by atoms with Crippen LogP contribution in [0, 0.1) is 45.7 Å². The lowest BCUT2D eigenvalue weighted by molar-refractivity contribution is 0.0271. The molecular weight excluding hydrogens is 489 g/mol. The normalized spacial score (nSPS) is 18.5. The highest BCUT2D eigenvalue weighted by Crippen LogP contribution is 2.42. The van der Waals surface area contributed by atoms with Crippen LogP contribution in [0.5, 0.6) is 11.5 Å². The Morgan fingerprint density at radius 3 is 2.82 bits per heavy atom. The van der Waals surface area contributed by atoms with Crippen LogP contribution in [0.4, 0.5) is 9.18 Å². The van der Waals surface area contributed by atoms with Crippen molar-refractivity contribution in [3.8, 4) is 46.6 Å². The number of nitriles is 2. The van der Waals surface area contributed by atoms with E-state index in [1.54, 1.807) is 24.0 Å².